The molecule has 2 saturated heterocycles. The Kier molecular flexibility index (Phi) is 4.78. The van der Waals surface area contributed by atoms with Gasteiger partial charge in [0.15, 0.2) is 0 Å². The molecule has 0 aliphatic carbocycles. The number of pyridine rings is 1. The number of carbonyl (C=O) groups excluding carboxylic acids is 1. The topological polar surface area (TPSA) is 58.8 Å². The average Bonchev–Trinajstić information content (AvgIpc) is 3.33. The fraction of sp³-hybridized carbons (Fsp3) is 0.500. The van der Waals surface area contributed by atoms with Crippen LogP contribution in [0, 0.1) is 0 Å². The third kappa shape index (κ3) is 3.52. The number of likely N-dealkylation sites (N-methyl/N-ethyl adjacent to an activating group) is 1. The van der Waals surface area contributed by atoms with Gasteiger partial charge in [-0.3, -0.25) is 14.7 Å². The molecule has 6 heteroatoms. The van der Waals surface area contributed by atoms with Crippen LogP contribution >= 0.6 is 0 Å². The second kappa shape index (κ2) is 7.21. The number of hydrogen-bond donors (Lipinski definition) is 0. The van der Waals surface area contributed by atoms with E-state index in [1.165, 1.54) is 11.8 Å². The van der Waals surface area contributed by atoms with E-state index < -0.39 is 0 Å². The summed E-state index contributed by atoms with van der Waals surface area (Å²) in [5.41, 5.74) is 1.76. The molecule has 2 aliphatic heterocycles. The van der Waals surface area contributed by atoms with Gasteiger partial charge in [0.1, 0.15) is 6.26 Å². The second-order valence-corrected chi connectivity index (χ2v) is 7.43. The van der Waals surface area contributed by atoms with Gasteiger partial charge in [0.25, 0.3) is 5.91 Å². The minimum atomic E-state index is -0.0823. The molecule has 4 rings (SSSR count). The zero-order chi connectivity index (χ0) is 18.0. The molecule has 26 heavy (non-hydrogen) atoms. The van der Waals surface area contributed by atoms with E-state index in [4.69, 9.17) is 9.15 Å². The van der Waals surface area contributed by atoms with Gasteiger partial charge in [-0.25, -0.2) is 0 Å². The summed E-state index contributed by atoms with van der Waals surface area (Å²) in [4.78, 5) is 20.9. The lowest BCUT2D eigenvalue weighted by Gasteiger charge is -2.38. The standard InChI is InChI=1S/C20H25N3O3/c1-22(13-16-3-2-7-21-12-16)18-11-20(26-15-18)5-8-23(9-6-20)19(24)17-4-10-25-14-17/h2-4,7,10,12,14,18H,5-6,8-9,11,13,15H2,1H3/t18-/m0/s1. The number of amides is 1. The highest BCUT2D eigenvalue weighted by Crippen LogP contribution is 2.38. The van der Waals surface area contributed by atoms with E-state index in [0.717, 1.165) is 45.5 Å². The molecule has 6 nitrogen and oxygen atoms in total. The predicted octanol–water partition coefficient (Wildman–Crippen LogP) is 2.57. The van der Waals surface area contributed by atoms with Gasteiger partial charge in [-0.05, 0) is 44.0 Å². The third-order valence-corrected chi connectivity index (χ3v) is 5.70. The molecule has 1 atom stereocenters. The van der Waals surface area contributed by atoms with Gasteiger partial charge >= 0.3 is 0 Å². The van der Waals surface area contributed by atoms with Gasteiger partial charge in [-0.15, -0.1) is 0 Å². The van der Waals surface area contributed by atoms with Crippen molar-refractivity contribution in [3.05, 3.63) is 54.2 Å². The van der Waals surface area contributed by atoms with Gasteiger partial charge in [-0.2, -0.15) is 0 Å². The Bertz CT molecular complexity index is 724. The zero-order valence-corrected chi connectivity index (χ0v) is 15.1. The number of carbonyl (C=O) groups is 1. The van der Waals surface area contributed by atoms with Crippen LogP contribution in [0.2, 0.25) is 0 Å². The van der Waals surface area contributed by atoms with Crippen LogP contribution in [0.3, 0.4) is 0 Å². The van der Waals surface area contributed by atoms with Crippen LogP contribution in [-0.4, -0.2) is 59.1 Å². The summed E-state index contributed by atoms with van der Waals surface area (Å²) < 4.78 is 11.3. The average molecular weight is 355 g/mol. The summed E-state index contributed by atoms with van der Waals surface area (Å²) in [5.74, 6) is 0.0526. The first-order valence-electron chi connectivity index (χ1n) is 9.20. The summed E-state index contributed by atoms with van der Waals surface area (Å²) in [7, 11) is 2.15. The van der Waals surface area contributed by atoms with Crippen molar-refractivity contribution in [3.63, 3.8) is 0 Å². The fourth-order valence-electron chi connectivity index (χ4n) is 4.05. The Labute approximate surface area is 153 Å². The van der Waals surface area contributed by atoms with Crippen LogP contribution in [0.15, 0.2) is 47.5 Å². The summed E-state index contributed by atoms with van der Waals surface area (Å²) in [6.45, 7) is 3.11. The van der Waals surface area contributed by atoms with E-state index in [9.17, 15) is 4.79 Å². The molecule has 4 heterocycles. The molecule has 1 amide bonds. The largest absolute Gasteiger partial charge is 0.472 e. The molecule has 0 N–H and O–H groups in total. The van der Waals surface area contributed by atoms with Gasteiger partial charge in [0.05, 0.1) is 24.0 Å². The van der Waals surface area contributed by atoms with E-state index >= 15 is 0 Å². The van der Waals surface area contributed by atoms with Crippen LogP contribution in [-0.2, 0) is 11.3 Å². The normalized spacial score (nSPS) is 22.2. The lowest BCUT2D eigenvalue weighted by molar-refractivity contribution is -0.0393. The maximum absolute atomic E-state index is 12.5. The molecule has 0 radical (unpaired) electrons. The van der Waals surface area contributed by atoms with E-state index in [0.29, 0.717) is 11.6 Å². The quantitative estimate of drug-likeness (QED) is 0.844. The first kappa shape index (κ1) is 17.2. The van der Waals surface area contributed by atoms with Gasteiger partial charge in [0, 0.05) is 38.1 Å². The zero-order valence-electron chi connectivity index (χ0n) is 15.1. The van der Waals surface area contributed by atoms with Crippen molar-refractivity contribution >= 4 is 5.91 Å². The Morgan fingerprint density at radius 3 is 2.92 bits per heavy atom. The molecule has 2 fully saturated rings. The molecule has 138 valence electrons. The van der Waals surface area contributed by atoms with E-state index in [2.05, 4.69) is 23.0 Å². The Balaban J connectivity index is 1.32. The maximum atomic E-state index is 12.5. The van der Waals surface area contributed by atoms with Crippen LogP contribution in [0.5, 0.6) is 0 Å². The minimum absolute atomic E-state index is 0.0526. The van der Waals surface area contributed by atoms with Gasteiger partial charge in [-0.1, -0.05) is 6.07 Å². The number of furan rings is 1. The summed E-state index contributed by atoms with van der Waals surface area (Å²) in [6, 6.07) is 6.21. The van der Waals surface area contributed by atoms with Crippen molar-refractivity contribution in [1.29, 1.82) is 0 Å². The number of nitrogens with zero attached hydrogens (tertiary/aromatic N) is 3. The summed E-state index contributed by atoms with van der Waals surface area (Å²) >= 11 is 0. The fourth-order valence-corrected chi connectivity index (χ4v) is 4.05. The monoisotopic (exact) mass is 355 g/mol. The van der Waals surface area contributed by atoms with Gasteiger partial charge in [0.2, 0.25) is 0 Å². The van der Waals surface area contributed by atoms with E-state index in [1.54, 1.807) is 18.5 Å². The van der Waals surface area contributed by atoms with Crippen molar-refractivity contribution < 1.29 is 13.9 Å². The molecule has 0 bridgehead atoms. The molecule has 0 aromatic carbocycles. The van der Waals surface area contributed by atoms with Crippen LogP contribution in [0.1, 0.15) is 35.2 Å². The lowest BCUT2D eigenvalue weighted by atomic mass is 9.87. The molecule has 0 unspecified atom stereocenters. The molecule has 2 aromatic rings. The highest BCUT2D eigenvalue weighted by Gasteiger charge is 2.44. The molecule has 0 saturated carbocycles. The number of piperidine rings is 1. The summed E-state index contributed by atoms with van der Waals surface area (Å²) in [5, 5.41) is 0. The van der Waals surface area contributed by atoms with Crippen molar-refractivity contribution in [2.75, 3.05) is 26.7 Å². The number of ether oxygens (including phenoxy) is 1. The smallest absolute Gasteiger partial charge is 0.257 e. The third-order valence-electron chi connectivity index (χ3n) is 5.70. The van der Waals surface area contributed by atoms with Crippen molar-refractivity contribution in [2.24, 2.45) is 0 Å². The van der Waals surface area contributed by atoms with Crippen molar-refractivity contribution in [3.8, 4) is 0 Å². The molecule has 2 aromatic heterocycles. The second-order valence-electron chi connectivity index (χ2n) is 7.43. The lowest BCUT2D eigenvalue weighted by Crippen LogP contribution is -2.47. The van der Waals surface area contributed by atoms with Crippen LogP contribution in [0.25, 0.3) is 0 Å². The van der Waals surface area contributed by atoms with Gasteiger partial charge < -0.3 is 14.1 Å². The predicted molar refractivity (Wildman–Crippen MR) is 96.6 cm³/mol. The summed E-state index contributed by atoms with van der Waals surface area (Å²) in [6.07, 6.45) is 9.60. The Morgan fingerprint density at radius 2 is 2.23 bits per heavy atom. The van der Waals surface area contributed by atoms with E-state index in [1.807, 2.05) is 17.2 Å². The molecular formula is C20H25N3O3. The number of hydrogen-bond acceptors (Lipinski definition) is 5. The molecular weight excluding hydrogens is 330 g/mol. The first-order valence-corrected chi connectivity index (χ1v) is 9.20. The maximum Gasteiger partial charge on any atom is 0.257 e. The SMILES string of the molecule is CN(Cc1cccnc1)[C@@H]1COC2(CCN(C(=O)c3ccoc3)CC2)C1. The number of aromatic nitrogens is 1. The van der Waals surface area contributed by atoms with E-state index in [-0.39, 0.29) is 11.5 Å². The Hall–Kier alpha value is -2.18. The first-order chi connectivity index (χ1) is 12.7. The highest BCUT2D eigenvalue weighted by atomic mass is 16.5. The number of rotatable bonds is 4. The van der Waals surface area contributed by atoms with Crippen LogP contribution < -0.4 is 0 Å². The minimum Gasteiger partial charge on any atom is -0.472 e. The van der Waals surface area contributed by atoms with Crippen molar-refractivity contribution in [2.45, 2.75) is 37.5 Å². The number of likely N-dealkylation sites (tertiary alicyclic amines) is 1. The highest BCUT2D eigenvalue weighted by molar-refractivity contribution is 5.93. The van der Waals surface area contributed by atoms with Crippen molar-refractivity contribution in [1.82, 2.24) is 14.8 Å². The molecule has 2 aliphatic rings. The Morgan fingerprint density at radius 1 is 1.38 bits per heavy atom. The van der Waals surface area contributed by atoms with Crippen LogP contribution in [0.4, 0.5) is 0 Å². The molecule has 1 spiro atoms.